The molecule has 0 aliphatic rings. The van der Waals surface area contributed by atoms with Gasteiger partial charge < -0.3 is 10.1 Å². The number of hydrogen-bond donors (Lipinski definition) is 1. The van der Waals surface area contributed by atoms with E-state index < -0.39 is 10.8 Å². The van der Waals surface area contributed by atoms with E-state index in [1.165, 1.54) is 12.1 Å². The predicted octanol–water partition coefficient (Wildman–Crippen LogP) is 2.90. The van der Waals surface area contributed by atoms with Crippen molar-refractivity contribution in [2.45, 2.75) is 10.9 Å². The van der Waals surface area contributed by atoms with Crippen molar-refractivity contribution in [1.82, 2.24) is 5.32 Å². The highest BCUT2D eigenvalue weighted by Crippen LogP contribution is 2.21. The van der Waals surface area contributed by atoms with E-state index >= 15 is 0 Å². The monoisotopic (exact) mass is 307 g/mol. The molecule has 0 saturated carbocycles. The highest BCUT2D eigenvalue weighted by Gasteiger charge is 2.15. The van der Waals surface area contributed by atoms with Crippen molar-refractivity contribution in [3.8, 4) is 5.75 Å². The molecule has 0 saturated heterocycles. The zero-order valence-corrected chi connectivity index (χ0v) is 12.8. The molecule has 2 atom stereocenters. The minimum Gasteiger partial charge on any atom is -0.497 e. The summed E-state index contributed by atoms with van der Waals surface area (Å²) >= 11 is 0. The summed E-state index contributed by atoms with van der Waals surface area (Å²) in [4.78, 5) is 0.498. The summed E-state index contributed by atoms with van der Waals surface area (Å²) in [5.41, 5.74) is 0.988. The second-order valence-corrected chi connectivity index (χ2v) is 6.08. The molecule has 0 amide bonds. The van der Waals surface area contributed by atoms with Crippen molar-refractivity contribution in [3.63, 3.8) is 0 Å². The fraction of sp³-hybridized carbons (Fsp3) is 0.250. The van der Waals surface area contributed by atoms with Gasteiger partial charge in [0, 0.05) is 16.7 Å². The Labute approximate surface area is 126 Å². The molecule has 1 N–H and O–H groups in total. The van der Waals surface area contributed by atoms with Gasteiger partial charge in [-0.15, -0.1) is 0 Å². The Morgan fingerprint density at radius 3 is 2.67 bits per heavy atom. The van der Waals surface area contributed by atoms with Crippen LogP contribution in [0.5, 0.6) is 5.75 Å². The molecule has 0 bridgehead atoms. The Kier molecular flexibility index (Phi) is 5.47. The highest BCUT2D eigenvalue weighted by atomic mass is 32.2. The van der Waals surface area contributed by atoms with E-state index in [1.807, 2.05) is 31.3 Å². The van der Waals surface area contributed by atoms with Gasteiger partial charge in [0.1, 0.15) is 11.6 Å². The van der Waals surface area contributed by atoms with Crippen LogP contribution in [0, 0.1) is 5.82 Å². The van der Waals surface area contributed by atoms with Crippen LogP contribution in [-0.2, 0) is 10.8 Å². The van der Waals surface area contributed by atoms with Crippen molar-refractivity contribution in [3.05, 3.63) is 59.9 Å². The largest absolute Gasteiger partial charge is 0.497 e. The van der Waals surface area contributed by atoms with Crippen molar-refractivity contribution >= 4 is 10.8 Å². The van der Waals surface area contributed by atoms with Gasteiger partial charge in [-0.2, -0.15) is 0 Å². The van der Waals surface area contributed by atoms with E-state index in [0.29, 0.717) is 10.6 Å². The number of halogens is 1. The van der Waals surface area contributed by atoms with Crippen molar-refractivity contribution in [2.24, 2.45) is 0 Å². The van der Waals surface area contributed by atoms with E-state index in [-0.39, 0.29) is 11.9 Å². The maximum Gasteiger partial charge on any atom is 0.124 e. The summed E-state index contributed by atoms with van der Waals surface area (Å²) in [6.07, 6.45) is 0. The van der Waals surface area contributed by atoms with E-state index in [0.717, 1.165) is 11.3 Å². The van der Waals surface area contributed by atoms with Gasteiger partial charge >= 0.3 is 0 Å². The number of ether oxygens (including phenoxy) is 1. The first-order valence-corrected chi connectivity index (χ1v) is 7.91. The quantitative estimate of drug-likeness (QED) is 0.892. The number of benzene rings is 2. The van der Waals surface area contributed by atoms with Gasteiger partial charge in [-0.3, -0.25) is 4.21 Å². The predicted molar refractivity (Wildman–Crippen MR) is 82.5 cm³/mol. The van der Waals surface area contributed by atoms with E-state index in [9.17, 15) is 8.60 Å². The Bertz CT molecular complexity index is 633. The molecule has 0 aliphatic heterocycles. The second kappa shape index (κ2) is 7.33. The van der Waals surface area contributed by atoms with Crippen molar-refractivity contribution < 1.29 is 13.3 Å². The number of nitrogens with one attached hydrogen (secondary N) is 1. The maximum absolute atomic E-state index is 13.2. The molecule has 2 rings (SSSR count). The summed E-state index contributed by atoms with van der Waals surface area (Å²) < 4.78 is 30.8. The minimum atomic E-state index is -1.28. The maximum atomic E-state index is 13.2. The summed E-state index contributed by atoms with van der Waals surface area (Å²) in [7, 11) is 2.15. The van der Waals surface area contributed by atoms with Gasteiger partial charge in [0.2, 0.25) is 0 Å². The Balaban J connectivity index is 2.16. The van der Waals surface area contributed by atoms with Crippen LogP contribution in [-0.4, -0.2) is 24.1 Å². The molecule has 0 radical (unpaired) electrons. The van der Waals surface area contributed by atoms with Crippen LogP contribution in [0.3, 0.4) is 0 Å². The zero-order valence-electron chi connectivity index (χ0n) is 12.0. The van der Waals surface area contributed by atoms with E-state index in [4.69, 9.17) is 4.74 Å². The first kappa shape index (κ1) is 15.7. The molecule has 21 heavy (non-hydrogen) atoms. The van der Waals surface area contributed by atoms with Crippen molar-refractivity contribution in [2.75, 3.05) is 19.9 Å². The molecular formula is C16H18FNO2S. The third-order valence-electron chi connectivity index (χ3n) is 3.22. The number of hydrogen-bond acceptors (Lipinski definition) is 3. The lowest BCUT2D eigenvalue weighted by Gasteiger charge is -2.17. The van der Waals surface area contributed by atoms with Crippen molar-refractivity contribution in [1.29, 1.82) is 0 Å². The first-order valence-electron chi connectivity index (χ1n) is 6.59. The lowest BCUT2D eigenvalue weighted by atomic mass is 10.1. The SMILES string of the molecule is CNC(CS(=O)c1cccc(F)c1)c1cccc(OC)c1. The number of rotatable bonds is 6. The summed E-state index contributed by atoms with van der Waals surface area (Å²) in [6.45, 7) is 0. The molecule has 2 aromatic rings. The summed E-state index contributed by atoms with van der Waals surface area (Å²) in [5.74, 6) is 0.750. The highest BCUT2D eigenvalue weighted by molar-refractivity contribution is 7.85. The standard InChI is InChI=1S/C16H18FNO2S/c1-18-16(12-5-3-7-14(9-12)20-2)11-21(19)15-8-4-6-13(17)10-15/h3-10,16,18H,11H2,1-2H3. The van der Waals surface area contributed by atoms with E-state index in [2.05, 4.69) is 5.32 Å². The van der Waals surface area contributed by atoms with Gasteiger partial charge in [0.25, 0.3) is 0 Å². The van der Waals surface area contributed by atoms with Gasteiger partial charge in [-0.25, -0.2) is 4.39 Å². The van der Waals surface area contributed by atoms with Crippen LogP contribution < -0.4 is 10.1 Å². The topological polar surface area (TPSA) is 38.3 Å². The lowest BCUT2D eigenvalue weighted by molar-refractivity contribution is 0.413. The normalized spacial score (nSPS) is 13.7. The van der Waals surface area contributed by atoms with Crippen LogP contribution in [0.15, 0.2) is 53.4 Å². The Morgan fingerprint density at radius 1 is 1.24 bits per heavy atom. The molecule has 0 heterocycles. The molecule has 112 valence electrons. The summed E-state index contributed by atoms with van der Waals surface area (Å²) in [5, 5.41) is 3.14. The van der Waals surface area contributed by atoms with Crippen LogP contribution in [0.25, 0.3) is 0 Å². The van der Waals surface area contributed by atoms with Crippen LogP contribution in [0.4, 0.5) is 4.39 Å². The lowest BCUT2D eigenvalue weighted by Crippen LogP contribution is -2.22. The molecule has 5 heteroatoms. The molecular weight excluding hydrogens is 289 g/mol. The minimum absolute atomic E-state index is 0.0933. The zero-order chi connectivity index (χ0) is 15.2. The fourth-order valence-corrected chi connectivity index (χ4v) is 3.39. The third-order valence-corrected chi connectivity index (χ3v) is 4.64. The average Bonchev–Trinajstić information content (AvgIpc) is 2.52. The van der Waals surface area contributed by atoms with E-state index in [1.54, 1.807) is 19.2 Å². The molecule has 2 aromatic carbocycles. The van der Waals surface area contributed by atoms with Crippen LogP contribution in [0.1, 0.15) is 11.6 Å². The van der Waals surface area contributed by atoms with Gasteiger partial charge in [0.05, 0.1) is 17.9 Å². The van der Waals surface area contributed by atoms with Gasteiger partial charge in [-0.05, 0) is 42.9 Å². The van der Waals surface area contributed by atoms with Crippen LogP contribution >= 0.6 is 0 Å². The third kappa shape index (κ3) is 4.12. The second-order valence-electron chi connectivity index (χ2n) is 4.59. The molecule has 0 fully saturated rings. The Hall–Kier alpha value is -1.72. The van der Waals surface area contributed by atoms with Crippen LogP contribution in [0.2, 0.25) is 0 Å². The average molecular weight is 307 g/mol. The first-order chi connectivity index (χ1) is 10.1. The van der Waals surface area contributed by atoms with Gasteiger partial charge in [0.15, 0.2) is 0 Å². The molecule has 3 nitrogen and oxygen atoms in total. The fourth-order valence-electron chi connectivity index (χ4n) is 2.06. The molecule has 0 spiro atoms. The summed E-state index contributed by atoms with van der Waals surface area (Å²) in [6, 6.07) is 13.4. The molecule has 0 aromatic heterocycles. The smallest absolute Gasteiger partial charge is 0.124 e. The molecule has 2 unspecified atom stereocenters. The van der Waals surface area contributed by atoms with Gasteiger partial charge in [-0.1, -0.05) is 18.2 Å². The number of methoxy groups -OCH3 is 1. The molecule has 0 aliphatic carbocycles. The Morgan fingerprint density at radius 2 is 2.00 bits per heavy atom.